The molecule has 2 rings (SSSR count). The predicted octanol–water partition coefficient (Wildman–Crippen LogP) is 3.77. The summed E-state index contributed by atoms with van der Waals surface area (Å²) < 4.78 is 0. The Bertz CT molecular complexity index is 361. The second-order valence-corrected chi connectivity index (χ2v) is 7.35. The molecule has 2 nitrogen and oxygen atoms in total. The predicted molar refractivity (Wildman–Crippen MR) is 84.7 cm³/mol. The Hall–Kier alpha value is -0.380. The second kappa shape index (κ2) is 6.87. The van der Waals surface area contributed by atoms with Gasteiger partial charge in [-0.2, -0.15) is 0 Å². The number of nitrogens with one attached hydrogen (secondary N) is 1. The molecule has 0 amide bonds. The highest BCUT2D eigenvalue weighted by Gasteiger charge is 2.25. The van der Waals surface area contributed by atoms with Crippen molar-refractivity contribution in [1.29, 1.82) is 0 Å². The van der Waals surface area contributed by atoms with Crippen LogP contribution in [0.4, 0.5) is 0 Å². The van der Waals surface area contributed by atoms with Crippen LogP contribution in [0.15, 0.2) is 17.5 Å². The molecule has 0 aliphatic heterocycles. The fraction of sp³-hybridized carbons (Fsp3) is 0.750. The quantitative estimate of drug-likeness (QED) is 0.883. The van der Waals surface area contributed by atoms with E-state index < -0.39 is 0 Å². The highest BCUT2D eigenvalue weighted by molar-refractivity contribution is 7.10. The van der Waals surface area contributed by atoms with Crippen LogP contribution in [0, 0.1) is 11.8 Å². The van der Waals surface area contributed by atoms with Crippen LogP contribution in [-0.4, -0.2) is 31.6 Å². The van der Waals surface area contributed by atoms with Crippen molar-refractivity contribution in [2.24, 2.45) is 11.8 Å². The van der Waals surface area contributed by atoms with Gasteiger partial charge in [-0.25, -0.2) is 0 Å². The monoisotopic (exact) mass is 280 g/mol. The zero-order chi connectivity index (χ0) is 13.8. The summed E-state index contributed by atoms with van der Waals surface area (Å²) >= 11 is 1.87. The summed E-state index contributed by atoms with van der Waals surface area (Å²) in [6, 6.07) is 5.63. The van der Waals surface area contributed by atoms with E-state index in [2.05, 4.69) is 55.7 Å². The standard InChI is InChI=1S/C16H28N2S/c1-12-7-8-14(10-13(12)2)17-11-15(18(3)4)16-6-5-9-19-16/h5-6,9,12-15,17H,7-8,10-11H2,1-4H3. The first-order chi connectivity index (χ1) is 9.08. The number of nitrogens with zero attached hydrogens (tertiary/aromatic N) is 1. The fourth-order valence-electron chi connectivity index (χ4n) is 3.03. The number of hydrogen-bond donors (Lipinski definition) is 1. The van der Waals surface area contributed by atoms with Crippen molar-refractivity contribution < 1.29 is 0 Å². The van der Waals surface area contributed by atoms with Crippen LogP contribution < -0.4 is 5.32 Å². The molecule has 0 saturated heterocycles. The lowest BCUT2D eigenvalue weighted by Crippen LogP contribution is -2.40. The molecule has 1 aliphatic rings. The normalized spacial score (nSPS) is 29.6. The number of thiophene rings is 1. The minimum Gasteiger partial charge on any atom is -0.312 e. The van der Waals surface area contributed by atoms with Crippen LogP contribution in [0.2, 0.25) is 0 Å². The Morgan fingerprint density at radius 1 is 1.32 bits per heavy atom. The molecule has 1 N–H and O–H groups in total. The first kappa shape index (κ1) is 15.0. The van der Waals surface area contributed by atoms with Crippen LogP contribution in [0.3, 0.4) is 0 Å². The lowest BCUT2D eigenvalue weighted by atomic mass is 9.79. The zero-order valence-electron chi connectivity index (χ0n) is 12.7. The van der Waals surface area contributed by atoms with Gasteiger partial charge < -0.3 is 10.2 Å². The van der Waals surface area contributed by atoms with Gasteiger partial charge in [0.1, 0.15) is 0 Å². The van der Waals surface area contributed by atoms with Crippen LogP contribution in [-0.2, 0) is 0 Å². The largest absolute Gasteiger partial charge is 0.312 e. The second-order valence-electron chi connectivity index (χ2n) is 6.37. The van der Waals surface area contributed by atoms with Crippen molar-refractivity contribution in [3.05, 3.63) is 22.4 Å². The molecule has 0 spiro atoms. The SMILES string of the molecule is CC1CCC(NCC(c2cccs2)N(C)C)CC1C. The summed E-state index contributed by atoms with van der Waals surface area (Å²) in [5.41, 5.74) is 0. The number of likely N-dealkylation sites (N-methyl/N-ethyl adjacent to an activating group) is 1. The van der Waals surface area contributed by atoms with Crippen molar-refractivity contribution in [1.82, 2.24) is 10.2 Å². The average molecular weight is 280 g/mol. The van der Waals surface area contributed by atoms with Crippen LogP contribution >= 0.6 is 11.3 Å². The Kier molecular flexibility index (Phi) is 5.43. The first-order valence-electron chi connectivity index (χ1n) is 7.51. The molecule has 1 aliphatic carbocycles. The summed E-state index contributed by atoms with van der Waals surface area (Å²) in [4.78, 5) is 3.79. The summed E-state index contributed by atoms with van der Waals surface area (Å²) in [7, 11) is 4.36. The van der Waals surface area contributed by atoms with Gasteiger partial charge in [0.15, 0.2) is 0 Å². The lowest BCUT2D eigenvalue weighted by Gasteiger charge is -2.34. The van der Waals surface area contributed by atoms with E-state index in [-0.39, 0.29) is 0 Å². The summed E-state index contributed by atoms with van der Waals surface area (Å²) in [6.45, 7) is 5.87. The molecule has 19 heavy (non-hydrogen) atoms. The van der Waals surface area contributed by atoms with E-state index in [4.69, 9.17) is 0 Å². The molecular weight excluding hydrogens is 252 g/mol. The van der Waals surface area contributed by atoms with Crippen LogP contribution in [0.5, 0.6) is 0 Å². The van der Waals surface area contributed by atoms with Gasteiger partial charge in [0.2, 0.25) is 0 Å². The zero-order valence-corrected chi connectivity index (χ0v) is 13.5. The van der Waals surface area contributed by atoms with Gasteiger partial charge in [0.25, 0.3) is 0 Å². The molecule has 0 aromatic carbocycles. The van der Waals surface area contributed by atoms with E-state index in [0.717, 1.165) is 18.4 Å². The van der Waals surface area contributed by atoms with Gasteiger partial charge in [-0.3, -0.25) is 0 Å². The molecule has 1 aromatic heterocycles. The van der Waals surface area contributed by atoms with Gasteiger partial charge in [-0.1, -0.05) is 19.9 Å². The Morgan fingerprint density at radius 2 is 2.11 bits per heavy atom. The molecule has 3 heteroatoms. The van der Waals surface area contributed by atoms with Crippen LogP contribution in [0.25, 0.3) is 0 Å². The summed E-state index contributed by atoms with van der Waals surface area (Å²) in [5.74, 6) is 1.77. The molecular formula is C16H28N2S. The molecule has 0 radical (unpaired) electrons. The smallest absolute Gasteiger partial charge is 0.0561 e. The number of hydrogen-bond acceptors (Lipinski definition) is 3. The molecule has 4 atom stereocenters. The van der Waals surface area contributed by atoms with Gasteiger partial charge in [-0.05, 0) is 56.6 Å². The molecule has 1 fully saturated rings. The lowest BCUT2D eigenvalue weighted by molar-refractivity contribution is 0.209. The Balaban J connectivity index is 1.86. The Labute approximate surface area is 122 Å². The summed E-state index contributed by atoms with van der Waals surface area (Å²) in [6.07, 6.45) is 4.06. The topological polar surface area (TPSA) is 15.3 Å². The molecule has 0 bridgehead atoms. The maximum atomic E-state index is 3.81. The van der Waals surface area contributed by atoms with Crippen molar-refractivity contribution in [2.45, 2.75) is 45.2 Å². The number of rotatable bonds is 5. The van der Waals surface area contributed by atoms with Crippen LogP contribution in [0.1, 0.15) is 44.0 Å². The average Bonchev–Trinajstić information content (AvgIpc) is 2.87. The third-order valence-electron chi connectivity index (χ3n) is 4.69. The van der Waals surface area contributed by atoms with E-state index in [9.17, 15) is 0 Å². The van der Waals surface area contributed by atoms with Crippen molar-refractivity contribution in [3.8, 4) is 0 Å². The van der Waals surface area contributed by atoms with Gasteiger partial charge in [0.05, 0.1) is 6.04 Å². The minimum atomic E-state index is 0.509. The van der Waals surface area contributed by atoms with Gasteiger partial charge >= 0.3 is 0 Å². The van der Waals surface area contributed by atoms with Gasteiger partial charge in [0, 0.05) is 17.5 Å². The third kappa shape index (κ3) is 4.04. The van der Waals surface area contributed by atoms with Gasteiger partial charge in [-0.15, -0.1) is 11.3 Å². The van der Waals surface area contributed by atoms with Crippen molar-refractivity contribution in [2.75, 3.05) is 20.6 Å². The fourth-order valence-corrected chi connectivity index (χ4v) is 3.95. The van der Waals surface area contributed by atoms with Crippen molar-refractivity contribution in [3.63, 3.8) is 0 Å². The molecule has 1 heterocycles. The molecule has 1 saturated carbocycles. The van der Waals surface area contributed by atoms with E-state index in [1.807, 2.05) is 11.3 Å². The van der Waals surface area contributed by atoms with E-state index in [0.29, 0.717) is 12.1 Å². The molecule has 4 unspecified atom stereocenters. The summed E-state index contributed by atoms with van der Waals surface area (Å²) in [5, 5.41) is 5.98. The van der Waals surface area contributed by atoms with E-state index >= 15 is 0 Å². The first-order valence-corrected chi connectivity index (χ1v) is 8.39. The highest BCUT2D eigenvalue weighted by atomic mass is 32.1. The van der Waals surface area contributed by atoms with Crippen molar-refractivity contribution >= 4 is 11.3 Å². The third-order valence-corrected chi connectivity index (χ3v) is 5.67. The maximum Gasteiger partial charge on any atom is 0.0561 e. The Morgan fingerprint density at radius 3 is 2.68 bits per heavy atom. The minimum absolute atomic E-state index is 0.509. The molecule has 108 valence electrons. The highest BCUT2D eigenvalue weighted by Crippen LogP contribution is 2.30. The molecule has 1 aromatic rings. The van der Waals surface area contributed by atoms with E-state index in [1.54, 1.807) is 0 Å². The van der Waals surface area contributed by atoms with E-state index in [1.165, 1.54) is 24.1 Å². The maximum absolute atomic E-state index is 3.81.